The lowest BCUT2D eigenvalue weighted by molar-refractivity contribution is -0.142. The third-order valence-corrected chi connectivity index (χ3v) is 10.7. The van der Waals surface area contributed by atoms with Gasteiger partial charge in [-0.25, -0.2) is 4.79 Å². The van der Waals surface area contributed by atoms with Gasteiger partial charge in [-0.1, -0.05) is 76.3 Å². The summed E-state index contributed by atoms with van der Waals surface area (Å²) in [4.78, 5) is 106. The summed E-state index contributed by atoms with van der Waals surface area (Å²) in [5.74, 6) is -6.40. The average molecular weight is 886 g/mol. The van der Waals surface area contributed by atoms with Crippen molar-refractivity contribution in [3.63, 3.8) is 0 Å². The first-order valence-corrected chi connectivity index (χ1v) is 22.0. The molecule has 0 bridgehead atoms. The molecule has 0 heterocycles. The van der Waals surface area contributed by atoms with Crippen molar-refractivity contribution in [2.75, 3.05) is 13.1 Å². The Hall–Kier alpha value is -5.79. The van der Waals surface area contributed by atoms with Gasteiger partial charge in [0, 0.05) is 26.3 Å². The third-order valence-electron chi connectivity index (χ3n) is 10.7. The number of hydrogen-bond acceptors (Lipinski definition) is 10. The summed E-state index contributed by atoms with van der Waals surface area (Å²) in [6, 6.07) is 1.56. The molecule has 6 atom stereocenters. The first-order chi connectivity index (χ1) is 29.9. The number of guanidine groups is 1. The number of carbonyl (C=O) groups excluding carboxylic acids is 7. The second-order valence-corrected chi connectivity index (χ2v) is 16.7. The van der Waals surface area contributed by atoms with Crippen LogP contribution in [0.4, 0.5) is 0 Å². The van der Waals surface area contributed by atoms with E-state index in [1.807, 2.05) is 13.8 Å². The molecule has 1 aromatic rings. The molecule has 1 saturated carbocycles. The van der Waals surface area contributed by atoms with Crippen LogP contribution in [0.2, 0.25) is 0 Å². The Bertz CT molecular complexity index is 1670. The van der Waals surface area contributed by atoms with E-state index in [0.29, 0.717) is 31.4 Å². The monoisotopic (exact) mass is 886 g/mol. The van der Waals surface area contributed by atoms with E-state index in [4.69, 9.17) is 22.6 Å². The maximum Gasteiger partial charge on any atom is 0.326 e. The molecule has 7 amide bonds. The SMILES string of the molecule is CC(=O)N[C@@H](CCCNC(=N)N)C(=O)N[C@@H](CCC(N)=O)C(=O)N[C@@H](CC1CCCCC1)C(=O)N[C@@H](CCCCN)C(=O)N[C@@H](CC(C)C)C(=O)N[C@@H](Cc1ccccc1)C(=O)O. The number of unbranched alkanes of at least 4 members (excludes halogenated alkanes) is 1. The van der Waals surface area contributed by atoms with E-state index in [1.165, 1.54) is 6.92 Å². The fraction of sp³-hybridized carbons (Fsp3) is 0.651. The van der Waals surface area contributed by atoms with Gasteiger partial charge in [0.05, 0.1) is 0 Å². The lowest BCUT2D eigenvalue weighted by Gasteiger charge is -2.30. The molecule has 0 unspecified atom stereocenters. The zero-order valence-electron chi connectivity index (χ0n) is 37.0. The first kappa shape index (κ1) is 53.3. The standard InChI is InChI=1S/C43H71N11O9/c1-26(2)23-33(40(60)54-35(42(62)63)25-29-15-8-5-9-16-29)52-38(58)31(17-10-11-21-44)50-41(61)34(24-28-13-6-4-7-14-28)53-39(59)32(19-20-36(45)56)51-37(57)30(49-27(3)55)18-12-22-48-43(46)47/h5,8-9,15-16,26,28,30-35H,4,6-7,10-14,17-25,44H2,1-3H3,(H2,45,56)(H,49,55)(H,50,61)(H,51,57)(H,52,58)(H,53,59)(H,54,60)(H,62,63)(H4,46,47,48)/t30-,31-,32-,33-,34-,35-/m0/s1. The Morgan fingerprint density at radius 1 is 0.683 bits per heavy atom. The van der Waals surface area contributed by atoms with E-state index < -0.39 is 83.6 Å². The van der Waals surface area contributed by atoms with Gasteiger partial charge < -0.3 is 59.5 Å². The number of primary amides is 1. The van der Waals surface area contributed by atoms with Gasteiger partial charge in [-0.15, -0.1) is 0 Å². The van der Waals surface area contributed by atoms with Crippen LogP contribution in [0.5, 0.6) is 0 Å². The number of nitrogens with one attached hydrogen (secondary N) is 8. The van der Waals surface area contributed by atoms with Gasteiger partial charge in [0.2, 0.25) is 41.4 Å². The topological polar surface area (TPSA) is 343 Å². The Labute approximate surface area is 370 Å². The largest absolute Gasteiger partial charge is 0.480 e. The molecule has 1 aromatic carbocycles. The van der Waals surface area contributed by atoms with Crippen LogP contribution in [0.3, 0.4) is 0 Å². The van der Waals surface area contributed by atoms with Crippen molar-refractivity contribution in [3.05, 3.63) is 35.9 Å². The average Bonchev–Trinajstić information content (AvgIpc) is 3.22. The highest BCUT2D eigenvalue weighted by Crippen LogP contribution is 2.27. The van der Waals surface area contributed by atoms with Crippen molar-refractivity contribution in [1.29, 1.82) is 5.41 Å². The maximum absolute atomic E-state index is 14.3. The molecule has 1 aliphatic rings. The van der Waals surface area contributed by atoms with E-state index in [-0.39, 0.29) is 69.3 Å². The number of hydrogen-bond donors (Lipinski definition) is 12. The van der Waals surface area contributed by atoms with E-state index >= 15 is 0 Å². The number of rotatable bonds is 29. The minimum absolute atomic E-state index is 0.0129. The predicted octanol–water partition coefficient (Wildman–Crippen LogP) is -0.0833. The smallest absolute Gasteiger partial charge is 0.326 e. The minimum atomic E-state index is -1.35. The summed E-state index contributed by atoms with van der Waals surface area (Å²) in [5, 5.41) is 35.9. The third kappa shape index (κ3) is 21.7. The van der Waals surface area contributed by atoms with Gasteiger partial charge in [0.15, 0.2) is 5.96 Å². The first-order valence-electron chi connectivity index (χ1n) is 22.0. The van der Waals surface area contributed by atoms with Crippen molar-refractivity contribution >= 4 is 53.3 Å². The highest BCUT2D eigenvalue weighted by Gasteiger charge is 2.35. The molecule has 0 aromatic heterocycles. The summed E-state index contributed by atoms with van der Waals surface area (Å²) in [6.07, 6.45) is 5.85. The number of carbonyl (C=O) groups is 8. The molecule has 0 aliphatic heterocycles. The molecule has 20 nitrogen and oxygen atoms in total. The molecule has 15 N–H and O–H groups in total. The Morgan fingerprint density at radius 2 is 1.19 bits per heavy atom. The number of carboxylic acid groups (broad SMARTS) is 1. The summed E-state index contributed by atoms with van der Waals surface area (Å²) in [5.41, 5.74) is 17.2. The molecular formula is C43H71N11O9. The Balaban J connectivity index is 2.38. The van der Waals surface area contributed by atoms with Crippen LogP contribution in [0, 0.1) is 17.2 Å². The van der Waals surface area contributed by atoms with Crippen molar-refractivity contribution in [3.8, 4) is 0 Å². The maximum atomic E-state index is 14.3. The van der Waals surface area contributed by atoms with Crippen molar-refractivity contribution in [2.24, 2.45) is 29.0 Å². The van der Waals surface area contributed by atoms with Crippen LogP contribution in [0.25, 0.3) is 0 Å². The highest BCUT2D eigenvalue weighted by atomic mass is 16.4. The van der Waals surface area contributed by atoms with Gasteiger partial charge in [0.25, 0.3) is 0 Å². The number of nitrogens with two attached hydrogens (primary N) is 3. The van der Waals surface area contributed by atoms with E-state index in [9.17, 15) is 43.5 Å². The van der Waals surface area contributed by atoms with E-state index in [1.54, 1.807) is 30.3 Å². The number of carboxylic acids is 1. The summed E-state index contributed by atoms with van der Waals surface area (Å²) < 4.78 is 0. The van der Waals surface area contributed by atoms with Crippen LogP contribution in [-0.4, -0.2) is 108 Å². The van der Waals surface area contributed by atoms with E-state index in [2.05, 4.69) is 37.2 Å². The van der Waals surface area contributed by atoms with Crippen LogP contribution in [-0.2, 0) is 44.8 Å². The molecule has 2 rings (SSSR count). The van der Waals surface area contributed by atoms with Gasteiger partial charge in [0.1, 0.15) is 36.3 Å². The molecule has 20 heteroatoms. The molecule has 0 radical (unpaired) electrons. The van der Waals surface area contributed by atoms with E-state index in [0.717, 1.165) is 32.1 Å². The van der Waals surface area contributed by atoms with Gasteiger partial charge >= 0.3 is 5.97 Å². The fourth-order valence-corrected chi connectivity index (χ4v) is 7.46. The van der Waals surface area contributed by atoms with Crippen LogP contribution in [0.1, 0.15) is 116 Å². The molecule has 352 valence electrons. The van der Waals surface area contributed by atoms with Crippen molar-refractivity contribution < 1.29 is 43.5 Å². The Morgan fingerprint density at radius 3 is 1.73 bits per heavy atom. The quantitative estimate of drug-likeness (QED) is 0.0286. The highest BCUT2D eigenvalue weighted by molar-refractivity contribution is 5.97. The second-order valence-electron chi connectivity index (χ2n) is 16.7. The Kier molecular flexibility index (Phi) is 24.3. The van der Waals surface area contributed by atoms with Crippen LogP contribution >= 0.6 is 0 Å². The van der Waals surface area contributed by atoms with Crippen LogP contribution in [0.15, 0.2) is 30.3 Å². The zero-order valence-corrected chi connectivity index (χ0v) is 37.0. The molecule has 1 aliphatic carbocycles. The fourth-order valence-electron chi connectivity index (χ4n) is 7.46. The normalized spacial score (nSPS) is 15.6. The molecule has 0 spiro atoms. The lowest BCUT2D eigenvalue weighted by Crippen LogP contribution is -2.60. The molecule has 1 fully saturated rings. The molecular weight excluding hydrogens is 815 g/mol. The molecule has 0 saturated heterocycles. The van der Waals surface area contributed by atoms with Crippen molar-refractivity contribution in [1.82, 2.24) is 37.2 Å². The lowest BCUT2D eigenvalue weighted by atomic mass is 9.84. The summed E-state index contributed by atoms with van der Waals surface area (Å²) in [7, 11) is 0. The summed E-state index contributed by atoms with van der Waals surface area (Å²) >= 11 is 0. The number of aliphatic carboxylic acids is 1. The number of benzene rings is 1. The van der Waals surface area contributed by atoms with Crippen molar-refractivity contribution in [2.45, 2.75) is 153 Å². The number of amides is 7. The van der Waals surface area contributed by atoms with Gasteiger partial charge in [-0.05, 0) is 75.3 Å². The minimum Gasteiger partial charge on any atom is -0.480 e. The van der Waals surface area contributed by atoms with Gasteiger partial charge in [-0.3, -0.25) is 39.0 Å². The second kappa shape index (κ2) is 28.7. The molecule has 63 heavy (non-hydrogen) atoms. The van der Waals surface area contributed by atoms with Crippen LogP contribution < -0.4 is 54.4 Å². The van der Waals surface area contributed by atoms with Gasteiger partial charge in [-0.2, -0.15) is 0 Å². The summed E-state index contributed by atoms with van der Waals surface area (Å²) in [6.45, 7) is 5.47. The zero-order chi connectivity index (χ0) is 46.9. The predicted molar refractivity (Wildman–Crippen MR) is 236 cm³/mol.